The molecule has 0 saturated carbocycles. The van der Waals surface area contributed by atoms with E-state index in [1.54, 1.807) is 0 Å². The van der Waals surface area contributed by atoms with E-state index in [-0.39, 0.29) is 0 Å². The molecular weight excluding hydrogens is 1510 g/mol. The maximum Gasteiger partial charge on any atom is 0.161 e. The first kappa shape index (κ1) is 96.8. The lowest BCUT2D eigenvalue weighted by atomic mass is 9.94. The van der Waals surface area contributed by atoms with Crippen LogP contribution in [0.25, 0.3) is 54.6 Å². The fourth-order valence-electron chi connectivity index (χ4n) is 17.4. The van der Waals surface area contributed by atoms with Gasteiger partial charge in [-0.1, -0.05) is 415 Å². The van der Waals surface area contributed by atoms with Crippen molar-refractivity contribution in [2.75, 3.05) is 26.4 Å². The summed E-state index contributed by atoms with van der Waals surface area (Å²) >= 11 is 9.37. The normalized spacial score (nSPS) is 13.1. The minimum absolute atomic E-state index is 0.464. The van der Waals surface area contributed by atoms with E-state index in [9.17, 15) is 0 Å². The molecule has 8 nitrogen and oxygen atoms in total. The van der Waals surface area contributed by atoms with Crippen molar-refractivity contribution in [3.05, 3.63) is 33.2 Å². The Balaban J connectivity index is 1.56. The molecule has 0 N–H and O–H groups in total. The van der Waals surface area contributed by atoms with Crippen LogP contribution in [0.5, 0.6) is 23.0 Å². The Morgan fingerprint density at radius 1 is 0.225 bits per heavy atom. The van der Waals surface area contributed by atoms with E-state index in [0.29, 0.717) is 50.1 Å². The molecule has 0 aliphatic heterocycles. The van der Waals surface area contributed by atoms with Gasteiger partial charge >= 0.3 is 0 Å². The van der Waals surface area contributed by atoms with Gasteiger partial charge in [0.05, 0.1) is 58.1 Å². The molecule has 6 aromatic rings. The van der Waals surface area contributed by atoms with Crippen molar-refractivity contribution < 1.29 is 18.9 Å². The van der Waals surface area contributed by atoms with Crippen LogP contribution in [0.2, 0.25) is 0 Å². The summed E-state index contributed by atoms with van der Waals surface area (Å²) in [4.78, 5) is 11.7. The lowest BCUT2D eigenvalue weighted by Gasteiger charge is -2.24. The van der Waals surface area contributed by atoms with Crippen molar-refractivity contribution >= 4 is 98.2 Å². The number of aromatic nitrogens is 4. The van der Waals surface area contributed by atoms with E-state index in [1.807, 2.05) is 0 Å². The monoisotopic (exact) mass is 1680 g/mol. The molecule has 0 radical (unpaired) electrons. The SMILES string of the molecule is CCCCCCCCCCC(CCCCCCCC)COc1cc2c3cc(OCC(CCCCCCCC)CCCCCCCCCC)c(OCC(CCCCCCCC)CCCCCCCCCC)cc3c3nc4c(Br)c5nsnc5c(Br)c4nc3c2cc1OCC(CCCCCCCC)CCCCCCCCCC. The molecule has 632 valence electrons. The van der Waals surface area contributed by atoms with Crippen LogP contribution in [-0.2, 0) is 0 Å². The second kappa shape index (κ2) is 63.1. The summed E-state index contributed by atoms with van der Waals surface area (Å²) in [6, 6.07) is 9.43. The first-order valence-electron chi connectivity index (χ1n) is 48.4. The average Bonchev–Trinajstić information content (AvgIpc) is 1.44. The van der Waals surface area contributed by atoms with Gasteiger partial charge in [-0.05, 0) is 142 Å². The Morgan fingerprint density at radius 2 is 0.396 bits per heavy atom. The summed E-state index contributed by atoms with van der Waals surface area (Å²) in [6.07, 6.45) is 83.7. The summed E-state index contributed by atoms with van der Waals surface area (Å²) in [5, 5.41) is 4.22. The van der Waals surface area contributed by atoms with Gasteiger partial charge in [-0.15, -0.1) is 0 Å². The van der Waals surface area contributed by atoms with E-state index >= 15 is 0 Å². The predicted octanol–water partition coefficient (Wildman–Crippen LogP) is 35.7. The summed E-state index contributed by atoms with van der Waals surface area (Å²) in [7, 11) is 0. The molecule has 11 heteroatoms. The van der Waals surface area contributed by atoms with Crippen LogP contribution in [0, 0.1) is 23.7 Å². The van der Waals surface area contributed by atoms with E-state index in [4.69, 9.17) is 37.7 Å². The minimum atomic E-state index is 0.464. The third kappa shape index (κ3) is 38.5. The highest BCUT2D eigenvalue weighted by Crippen LogP contribution is 2.47. The largest absolute Gasteiger partial charge is 0.489 e. The number of fused-ring (bicyclic) bond motifs is 8. The van der Waals surface area contributed by atoms with Gasteiger partial charge < -0.3 is 18.9 Å². The van der Waals surface area contributed by atoms with Gasteiger partial charge in [0.2, 0.25) is 0 Å². The second-order valence-electron chi connectivity index (χ2n) is 34.9. The topological polar surface area (TPSA) is 88.5 Å². The van der Waals surface area contributed by atoms with Gasteiger partial charge in [0.1, 0.15) is 22.1 Å². The van der Waals surface area contributed by atoms with Crippen LogP contribution in [0.4, 0.5) is 0 Å². The van der Waals surface area contributed by atoms with Gasteiger partial charge in [0.15, 0.2) is 23.0 Å². The molecule has 0 saturated heterocycles. The van der Waals surface area contributed by atoms with Crippen molar-refractivity contribution in [3.63, 3.8) is 0 Å². The number of halogens is 2. The number of nitrogens with zero attached hydrogens (tertiary/aromatic N) is 4. The van der Waals surface area contributed by atoms with Gasteiger partial charge in [0.25, 0.3) is 0 Å². The van der Waals surface area contributed by atoms with Gasteiger partial charge in [-0.3, -0.25) is 0 Å². The second-order valence-corrected chi connectivity index (χ2v) is 37.0. The zero-order valence-corrected chi connectivity index (χ0v) is 77.3. The maximum atomic E-state index is 7.58. The quantitative estimate of drug-likeness (QED) is 0.0212. The molecule has 0 aliphatic carbocycles. The highest BCUT2D eigenvalue weighted by molar-refractivity contribution is 9.11. The molecular formula is C100H168Br2N4O4S. The van der Waals surface area contributed by atoms with Crippen molar-refractivity contribution in [3.8, 4) is 23.0 Å². The van der Waals surface area contributed by atoms with Gasteiger partial charge in [-0.2, -0.15) is 8.75 Å². The lowest BCUT2D eigenvalue weighted by molar-refractivity contribution is 0.192. The van der Waals surface area contributed by atoms with Crippen molar-refractivity contribution in [1.82, 2.24) is 18.7 Å². The molecule has 4 unspecified atom stereocenters. The molecule has 0 amide bonds. The average molecular weight is 1680 g/mol. The molecule has 111 heavy (non-hydrogen) atoms. The molecule has 6 rings (SSSR count). The van der Waals surface area contributed by atoms with E-state index in [0.717, 1.165) is 86.6 Å². The van der Waals surface area contributed by atoms with Gasteiger partial charge in [-0.25, -0.2) is 9.97 Å². The summed E-state index contributed by atoms with van der Waals surface area (Å²) in [5.41, 5.74) is 4.81. The Bertz CT molecular complexity index is 3070. The summed E-state index contributed by atoms with van der Waals surface area (Å²) in [5.74, 6) is 5.25. The van der Waals surface area contributed by atoms with E-state index in [1.165, 1.54) is 423 Å². The van der Waals surface area contributed by atoms with Crippen LogP contribution in [0.1, 0.15) is 466 Å². The highest BCUT2D eigenvalue weighted by Gasteiger charge is 2.26. The zero-order chi connectivity index (χ0) is 78.8. The first-order chi connectivity index (χ1) is 54.7. The maximum absolute atomic E-state index is 7.58. The Morgan fingerprint density at radius 3 is 0.586 bits per heavy atom. The number of rotatable bonds is 76. The molecule has 0 spiro atoms. The summed E-state index contributed by atoms with van der Waals surface area (Å²) < 4.78 is 41.5. The van der Waals surface area contributed by atoms with E-state index < -0.39 is 0 Å². The third-order valence-corrected chi connectivity index (χ3v) is 26.8. The van der Waals surface area contributed by atoms with Crippen molar-refractivity contribution in [2.45, 2.75) is 466 Å². The number of ether oxygens (including phenoxy) is 4. The van der Waals surface area contributed by atoms with Crippen LogP contribution < -0.4 is 18.9 Å². The number of benzene rings is 4. The number of unbranched alkanes of at least 4 members (excludes halogenated alkanes) is 48. The Kier molecular flexibility index (Phi) is 55.0. The number of hydrogen-bond donors (Lipinski definition) is 0. The van der Waals surface area contributed by atoms with Crippen molar-refractivity contribution in [2.24, 2.45) is 23.7 Å². The van der Waals surface area contributed by atoms with Crippen molar-refractivity contribution in [1.29, 1.82) is 0 Å². The summed E-state index contributed by atoms with van der Waals surface area (Å²) in [6.45, 7) is 21.4. The van der Waals surface area contributed by atoms with E-state index in [2.05, 4.69) is 112 Å². The third-order valence-electron chi connectivity index (χ3n) is 24.8. The fourth-order valence-corrected chi connectivity index (χ4v) is 19.3. The van der Waals surface area contributed by atoms with Crippen LogP contribution in [0.3, 0.4) is 0 Å². The van der Waals surface area contributed by atoms with Crippen LogP contribution >= 0.6 is 43.6 Å². The lowest BCUT2D eigenvalue weighted by Crippen LogP contribution is -2.16. The van der Waals surface area contributed by atoms with Crippen LogP contribution in [-0.4, -0.2) is 45.1 Å². The molecule has 0 aliphatic rings. The Labute approximate surface area is 703 Å². The molecule has 4 aromatic carbocycles. The first-order valence-corrected chi connectivity index (χ1v) is 50.7. The zero-order valence-electron chi connectivity index (χ0n) is 73.3. The van der Waals surface area contributed by atoms with Crippen LogP contribution in [0.15, 0.2) is 33.2 Å². The Hall–Kier alpha value is -3.02. The fraction of sp³-hybridized carbons (Fsp3) is 0.800. The molecule has 0 fully saturated rings. The standard InChI is InChI=1S/C100H168Br2N4O4S/c1-9-17-25-33-41-45-53-61-69-81(65-57-49-37-29-21-13-5)77-107-89-73-85-86-74-90(108-78-82(66-58-50-38-30-22-14-6)70-62-54-46-42-34-26-18-10-2)92(110-80-84(68-60-52-40-32-24-16-8)72-64-56-48-44-36-28-20-12-4)76-88(86)96-95(103-97-93(101)99-100(106-111-105-99)94(102)98(97)104-96)87(85)75-91(89)109-79-83(67-59-51-39-31-23-15-7)71-63-55-47-43-35-27-19-11-3/h73-76,81-84H,9-72,77-80H2,1-8H3. The predicted molar refractivity (Wildman–Crippen MR) is 495 cm³/mol. The molecule has 4 atom stereocenters. The number of hydrogen-bond acceptors (Lipinski definition) is 9. The smallest absolute Gasteiger partial charge is 0.161 e. The molecule has 2 heterocycles. The highest BCUT2D eigenvalue weighted by atomic mass is 79.9. The molecule has 2 aromatic heterocycles. The van der Waals surface area contributed by atoms with Gasteiger partial charge in [0, 0.05) is 10.8 Å². The minimum Gasteiger partial charge on any atom is -0.489 e. The molecule has 0 bridgehead atoms.